The number of anilines is 1. The highest BCUT2D eigenvalue weighted by Gasteiger charge is 2.20. The Kier molecular flexibility index (Phi) is 5.15. The maximum Gasteiger partial charge on any atom is 0.338 e. The Morgan fingerprint density at radius 2 is 1.90 bits per heavy atom. The van der Waals surface area contributed by atoms with Crippen molar-refractivity contribution in [1.82, 2.24) is 0 Å². The van der Waals surface area contributed by atoms with Crippen molar-refractivity contribution in [3.63, 3.8) is 0 Å². The van der Waals surface area contributed by atoms with Crippen LogP contribution in [0.1, 0.15) is 30.6 Å². The first kappa shape index (κ1) is 16.0. The molecule has 4 N–H and O–H groups in total. The number of carbonyl (C=O) groups is 2. The molecule has 0 radical (unpaired) electrons. The number of rotatable bonds is 5. The van der Waals surface area contributed by atoms with Gasteiger partial charge in [-0.2, -0.15) is 0 Å². The first-order valence-electron chi connectivity index (χ1n) is 6.01. The zero-order valence-corrected chi connectivity index (χ0v) is 11.1. The van der Waals surface area contributed by atoms with Crippen molar-refractivity contribution in [3.8, 4) is 0 Å². The minimum Gasteiger partial charge on any atom is -0.478 e. The van der Waals surface area contributed by atoms with Gasteiger partial charge in [0.1, 0.15) is 11.6 Å². The van der Waals surface area contributed by atoms with Crippen LogP contribution in [0.15, 0.2) is 12.1 Å². The molecule has 0 aliphatic heterocycles. The highest BCUT2D eigenvalue weighted by molar-refractivity contribution is 5.96. The predicted octanol–water partition coefficient (Wildman–Crippen LogP) is 1.97. The van der Waals surface area contributed by atoms with Gasteiger partial charge < -0.3 is 16.2 Å². The second kappa shape index (κ2) is 6.42. The minimum absolute atomic E-state index is 0.170. The van der Waals surface area contributed by atoms with E-state index in [2.05, 4.69) is 5.32 Å². The number of amides is 1. The molecule has 1 amide bonds. The quantitative estimate of drug-likeness (QED) is 0.771. The molecule has 0 fully saturated rings. The number of nitrogens with one attached hydrogen (secondary N) is 1. The summed E-state index contributed by atoms with van der Waals surface area (Å²) in [5.41, 5.74) is 4.49. The predicted molar refractivity (Wildman–Crippen MR) is 69.4 cm³/mol. The third kappa shape index (κ3) is 3.99. The lowest BCUT2D eigenvalue weighted by atomic mass is 10.0. The van der Waals surface area contributed by atoms with Crippen LogP contribution in [0.5, 0.6) is 0 Å². The van der Waals surface area contributed by atoms with Gasteiger partial charge in [-0.25, -0.2) is 13.6 Å². The number of nitrogens with two attached hydrogens (primary N) is 1. The molecule has 0 bridgehead atoms. The Bertz CT molecular complexity index is 533. The summed E-state index contributed by atoms with van der Waals surface area (Å²) in [4.78, 5) is 22.5. The molecule has 0 saturated carbocycles. The van der Waals surface area contributed by atoms with E-state index in [1.165, 1.54) is 0 Å². The molecule has 1 atom stereocenters. The molecule has 1 aromatic carbocycles. The molecule has 5 nitrogen and oxygen atoms in total. The van der Waals surface area contributed by atoms with Crippen molar-refractivity contribution in [2.45, 2.75) is 26.3 Å². The monoisotopic (exact) mass is 286 g/mol. The highest BCUT2D eigenvalue weighted by atomic mass is 19.1. The van der Waals surface area contributed by atoms with Gasteiger partial charge in [0.2, 0.25) is 5.91 Å². The van der Waals surface area contributed by atoms with E-state index in [1.54, 1.807) is 0 Å². The molecule has 110 valence electrons. The van der Waals surface area contributed by atoms with E-state index in [1.807, 2.05) is 13.8 Å². The van der Waals surface area contributed by atoms with Gasteiger partial charge in [0, 0.05) is 6.07 Å². The van der Waals surface area contributed by atoms with Gasteiger partial charge in [0.25, 0.3) is 0 Å². The number of aromatic carboxylic acids is 1. The van der Waals surface area contributed by atoms with Gasteiger partial charge in [0.05, 0.1) is 17.3 Å². The van der Waals surface area contributed by atoms with Crippen molar-refractivity contribution in [2.24, 2.45) is 11.7 Å². The smallest absolute Gasteiger partial charge is 0.338 e. The first-order chi connectivity index (χ1) is 9.22. The molecule has 0 aliphatic rings. The van der Waals surface area contributed by atoms with Crippen LogP contribution in [-0.2, 0) is 4.79 Å². The molecular weight excluding hydrogens is 270 g/mol. The third-order valence-corrected chi connectivity index (χ3v) is 2.61. The summed E-state index contributed by atoms with van der Waals surface area (Å²) < 4.78 is 26.7. The van der Waals surface area contributed by atoms with Crippen LogP contribution in [0.3, 0.4) is 0 Å². The van der Waals surface area contributed by atoms with Gasteiger partial charge in [-0.1, -0.05) is 13.8 Å². The number of benzene rings is 1. The maximum atomic E-state index is 13.5. The molecule has 1 aromatic rings. The number of carboxylic acid groups (broad SMARTS) is 1. The average molecular weight is 286 g/mol. The highest BCUT2D eigenvalue weighted by Crippen LogP contribution is 2.20. The number of carbonyl (C=O) groups excluding carboxylic acids is 1. The van der Waals surface area contributed by atoms with Crippen molar-refractivity contribution in [2.75, 3.05) is 5.32 Å². The van der Waals surface area contributed by atoms with Crippen LogP contribution >= 0.6 is 0 Å². The Morgan fingerprint density at radius 1 is 1.30 bits per heavy atom. The lowest BCUT2D eigenvalue weighted by Gasteiger charge is -2.15. The Morgan fingerprint density at radius 3 is 2.40 bits per heavy atom. The van der Waals surface area contributed by atoms with E-state index in [4.69, 9.17) is 10.8 Å². The Hall–Kier alpha value is -2.02. The van der Waals surface area contributed by atoms with Crippen molar-refractivity contribution in [1.29, 1.82) is 0 Å². The number of carboxylic acids is 1. The fourth-order valence-electron chi connectivity index (χ4n) is 1.65. The maximum absolute atomic E-state index is 13.5. The third-order valence-electron chi connectivity index (χ3n) is 2.61. The summed E-state index contributed by atoms with van der Waals surface area (Å²) in [5.74, 6) is -4.30. The Balaban J connectivity index is 2.95. The number of hydrogen-bond acceptors (Lipinski definition) is 3. The molecule has 0 spiro atoms. The van der Waals surface area contributed by atoms with Crippen molar-refractivity contribution in [3.05, 3.63) is 29.3 Å². The topological polar surface area (TPSA) is 92.4 Å². The molecule has 0 aromatic heterocycles. The normalized spacial score (nSPS) is 12.3. The van der Waals surface area contributed by atoms with Gasteiger partial charge in [-0.15, -0.1) is 0 Å². The fraction of sp³-hybridized carbons (Fsp3) is 0.385. The Labute approximate surface area is 114 Å². The summed E-state index contributed by atoms with van der Waals surface area (Å²) >= 11 is 0. The minimum atomic E-state index is -1.55. The summed E-state index contributed by atoms with van der Waals surface area (Å²) in [7, 11) is 0. The van der Waals surface area contributed by atoms with Crippen LogP contribution < -0.4 is 11.1 Å². The SMILES string of the molecule is CC(C)C[C@@H](N)C(=O)Nc1cc(C(=O)O)c(F)cc1F. The van der Waals surface area contributed by atoms with E-state index in [0.717, 1.165) is 6.07 Å². The molecule has 0 aliphatic carbocycles. The zero-order valence-electron chi connectivity index (χ0n) is 11.1. The summed E-state index contributed by atoms with van der Waals surface area (Å²) in [6, 6.07) is 0.285. The second-order valence-corrected chi connectivity index (χ2v) is 4.84. The van der Waals surface area contributed by atoms with Gasteiger partial charge in [-0.3, -0.25) is 4.79 Å². The van der Waals surface area contributed by atoms with Crippen LogP contribution in [0, 0.1) is 17.6 Å². The zero-order chi connectivity index (χ0) is 15.4. The van der Waals surface area contributed by atoms with Crippen LogP contribution in [0.2, 0.25) is 0 Å². The van der Waals surface area contributed by atoms with E-state index in [-0.39, 0.29) is 5.92 Å². The molecular formula is C13H16F2N2O3. The van der Waals surface area contributed by atoms with E-state index >= 15 is 0 Å². The summed E-state index contributed by atoms with van der Waals surface area (Å²) in [6.07, 6.45) is 0.389. The molecule has 0 saturated heterocycles. The standard InChI is InChI=1S/C13H16F2N2O3/c1-6(2)3-10(16)12(18)17-11-4-7(13(19)20)8(14)5-9(11)15/h4-6,10H,3,16H2,1-2H3,(H,17,18)(H,19,20)/t10-/m1/s1. The van der Waals surface area contributed by atoms with E-state index < -0.39 is 40.8 Å². The van der Waals surface area contributed by atoms with Gasteiger partial charge in [-0.05, 0) is 18.4 Å². The van der Waals surface area contributed by atoms with Crippen molar-refractivity contribution < 1.29 is 23.5 Å². The summed E-state index contributed by atoms with van der Waals surface area (Å²) in [5, 5.41) is 10.9. The van der Waals surface area contributed by atoms with Crippen molar-refractivity contribution >= 4 is 17.6 Å². The number of hydrogen-bond donors (Lipinski definition) is 3. The van der Waals surface area contributed by atoms with Gasteiger partial charge in [0.15, 0.2) is 0 Å². The van der Waals surface area contributed by atoms with E-state index in [0.29, 0.717) is 12.5 Å². The molecule has 7 heteroatoms. The van der Waals surface area contributed by atoms with Crippen LogP contribution in [0.4, 0.5) is 14.5 Å². The lowest BCUT2D eigenvalue weighted by molar-refractivity contribution is -0.117. The molecule has 0 heterocycles. The summed E-state index contributed by atoms with van der Waals surface area (Å²) in [6.45, 7) is 3.74. The first-order valence-corrected chi connectivity index (χ1v) is 6.01. The molecule has 0 unspecified atom stereocenters. The second-order valence-electron chi connectivity index (χ2n) is 4.84. The van der Waals surface area contributed by atoms with Crippen LogP contribution in [0.25, 0.3) is 0 Å². The van der Waals surface area contributed by atoms with Crippen LogP contribution in [-0.4, -0.2) is 23.0 Å². The fourth-order valence-corrected chi connectivity index (χ4v) is 1.65. The van der Waals surface area contributed by atoms with Gasteiger partial charge >= 0.3 is 5.97 Å². The average Bonchev–Trinajstić information content (AvgIpc) is 2.30. The van der Waals surface area contributed by atoms with E-state index in [9.17, 15) is 18.4 Å². The number of halogens is 2. The molecule has 20 heavy (non-hydrogen) atoms. The largest absolute Gasteiger partial charge is 0.478 e. The lowest BCUT2D eigenvalue weighted by Crippen LogP contribution is -2.36. The molecule has 1 rings (SSSR count).